The second-order valence-electron chi connectivity index (χ2n) is 5.04. The van der Waals surface area contributed by atoms with Gasteiger partial charge >= 0.3 is 0 Å². The van der Waals surface area contributed by atoms with Crippen molar-refractivity contribution in [2.75, 3.05) is 18.5 Å². The highest BCUT2D eigenvalue weighted by molar-refractivity contribution is 5.81. The molecular formula is C14H20N2O. The van der Waals surface area contributed by atoms with Gasteiger partial charge in [0, 0.05) is 18.8 Å². The van der Waals surface area contributed by atoms with Crippen LogP contribution in [0.3, 0.4) is 0 Å². The Morgan fingerprint density at radius 1 is 1.29 bits per heavy atom. The van der Waals surface area contributed by atoms with Crippen molar-refractivity contribution in [3.63, 3.8) is 0 Å². The molecule has 1 aliphatic rings. The monoisotopic (exact) mass is 232 g/mol. The number of amides is 1. The average molecular weight is 232 g/mol. The number of benzene rings is 1. The van der Waals surface area contributed by atoms with E-state index in [1.807, 2.05) is 11.9 Å². The Bertz CT molecular complexity index is 404. The van der Waals surface area contributed by atoms with Crippen LogP contribution in [0.15, 0.2) is 18.2 Å². The van der Waals surface area contributed by atoms with Gasteiger partial charge in [0.1, 0.15) is 0 Å². The van der Waals surface area contributed by atoms with Crippen molar-refractivity contribution in [2.45, 2.75) is 32.7 Å². The summed E-state index contributed by atoms with van der Waals surface area (Å²) in [6.45, 7) is 4.59. The average Bonchev–Trinajstić information content (AvgIpc) is 2.99. The number of hydrogen-bond donors (Lipinski definition) is 1. The number of carbonyl (C=O) groups excluding carboxylic acids is 1. The summed E-state index contributed by atoms with van der Waals surface area (Å²) >= 11 is 0. The quantitative estimate of drug-likeness (QED) is 0.861. The minimum atomic E-state index is 0.120. The first-order valence-electron chi connectivity index (χ1n) is 6.13. The molecule has 1 aromatic rings. The van der Waals surface area contributed by atoms with Crippen LogP contribution < -0.4 is 10.2 Å². The zero-order valence-electron chi connectivity index (χ0n) is 10.8. The normalized spacial score (nSPS) is 14.5. The molecule has 0 aromatic heterocycles. The molecule has 0 spiro atoms. The third-order valence-corrected chi connectivity index (χ3v) is 2.97. The van der Waals surface area contributed by atoms with Crippen molar-refractivity contribution < 1.29 is 4.79 Å². The highest BCUT2D eigenvalue weighted by Gasteiger charge is 2.23. The molecule has 17 heavy (non-hydrogen) atoms. The minimum Gasteiger partial charge on any atom is -0.365 e. The summed E-state index contributed by atoms with van der Waals surface area (Å²) in [6, 6.07) is 6.80. The van der Waals surface area contributed by atoms with Crippen LogP contribution >= 0.6 is 0 Å². The van der Waals surface area contributed by atoms with Crippen LogP contribution in [0, 0.1) is 13.8 Å². The largest absolute Gasteiger partial charge is 0.365 e. The molecule has 2 rings (SSSR count). The third kappa shape index (κ3) is 3.48. The van der Waals surface area contributed by atoms with E-state index in [-0.39, 0.29) is 5.91 Å². The van der Waals surface area contributed by atoms with Gasteiger partial charge in [-0.2, -0.15) is 0 Å². The van der Waals surface area contributed by atoms with Crippen LogP contribution in [0.1, 0.15) is 24.0 Å². The van der Waals surface area contributed by atoms with Gasteiger partial charge in [0.15, 0.2) is 0 Å². The number of carbonyl (C=O) groups is 1. The second-order valence-corrected chi connectivity index (χ2v) is 5.04. The maximum atomic E-state index is 11.7. The van der Waals surface area contributed by atoms with Gasteiger partial charge < -0.3 is 10.2 Å². The zero-order chi connectivity index (χ0) is 12.4. The Labute approximate surface area is 103 Å². The predicted molar refractivity (Wildman–Crippen MR) is 70.4 cm³/mol. The number of nitrogens with zero attached hydrogens (tertiary/aromatic N) is 1. The lowest BCUT2D eigenvalue weighted by molar-refractivity contribution is -0.119. The summed E-state index contributed by atoms with van der Waals surface area (Å²) in [5.74, 6) is 0.120. The maximum absolute atomic E-state index is 11.7. The van der Waals surface area contributed by atoms with E-state index < -0.39 is 0 Å². The minimum absolute atomic E-state index is 0.120. The SMILES string of the molecule is Cc1cc(C)cc(N(C)CC(=O)NC2CC2)c1. The molecule has 0 radical (unpaired) electrons. The molecular weight excluding hydrogens is 212 g/mol. The Morgan fingerprint density at radius 3 is 2.41 bits per heavy atom. The fourth-order valence-electron chi connectivity index (χ4n) is 1.98. The van der Waals surface area contributed by atoms with Gasteiger partial charge in [-0.3, -0.25) is 4.79 Å². The summed E-state index contributed by atoms with van der Waals surface area (Å²) in [5.41, 5.74) is 3.57. The zero-order valence-corrected chi connectivity index (χ0v) is 10.8. The molecule has 1 amide bonds. The first-order valence-corrected chi connectivity index (χ1v) is 6.13. The lowest BCUT2D eigenvalue weighted by atomic mass is 10.1. The van der Waals surface area contributed by atoms with Crippen molar-refractivity contribution in [1.29, 1.82) is 0 Å². The highest BCUT2D eigenvalue weighted by Crippen LogP contribution is 2.19. The van der Waals surface area contributed by atoms with E-state index in [0.717, 1.165) is 18.5 Å². The topological polar surface area (TPSA) is 32.3 Å². The van der Waals surface area contributed by atoms with E-state index in [4.69, 9.17) is 0 Å². The number of hydrogen-bond acceptors (Lipinski definition) is 2. The van der Waals surface area contributed by atoms with Crippen LogP contribution in [-0.4, -0.2) is 25.5 Å². The van der Waals surface area contributed by atoms with E-state index in [1.54, 1.807) is 0 Å². The molecule has 1 aliphatic carbocycles. The van der Waals surface area contributed by atoms with Crippen molar-refractivity contribution in [3.8, 4) is 0 Å². The van der Waals surface area contributed by atoms with Gasteiger partial charge in [0.2, 0.25) is 5.91 Å². The summed E-state index contributed by atoms with van der Waals surface area (Å²) in [4.78, 5) is 13.7. The van der Waals surface area contributed by atoms with Crippen molar-refractivity contribution >= 4 is 11.6 Å². The number of likely N-dealkylation sites (N-methyl/N-ethyl adjacent to an activating group) is 1. The molecule has 1 fully saturated rings. The predicted octanol–water partition coefficient (Wildman–Crippen LogP) is 2.02. The van der Waals surface area contributed by atoms with Crippen molar-refractivity contribution in [3.05, 3.63) is 29.3 Å². The second kappa shape index (κ2) is 4.78. The fraction of sp³-hybridized carbons (Fsp3) is 0.500. The van der Waals surface area contributed by atoms with E-state index >= 15 is 0 Å². The summed E-state index contributed by atoms with van der Waals surface area (Å²) in [6.07, 6.45) is 2.28. The van der Waals surface area contributed by atoms with E-state index in [1.165, 1.54) is 11.1 Å². The fourth-order valence-corrected chi connectivity index (χ4v) is 1.98. The molecule has 3 nitrogen and oxygen atoms in total. The standard InChI is InChI=1S/C14H20N2O/c1-10-6-11(2)8-13(7-10)16(3)9-14(17)15-12-4-5-12/h6-8,12H,4-5,9H2,1-3H3,(H,15,17). The van der Waals surface area contributed by atoms with E-state index in [0.29, 0.717) is 12.6 Å². The third-order valence-electron chi connectivity index (χ3n) is 2.97. The molecule has 0 saturated heterocycles. The van der Waals surface area contributed by atoms with Crippen molar-refractivity contribution in [1.82, 2.24) is 5.32 Å². The van der Waals surface area contributed by atoms with Crippen LogP contribution in [0.5, 0.6) is 0 Å². The Balaban J connectivity index is 1.97. The van der Waals surface area contributed by atoms with Crippen LogP contribution in [0.25, 0.3) is 0 Å². The Kier molecular flexibility index (Phi) is 3.36. The first kappa shape index (κ1) is 12.0. The van der Waals surface area contributed by atoms with Gasteiger partial charge in [-0.1, -0.05) is 6.07 Å². The van der Waals surface area contributed by atoms with Crippen LogP contribution in [-0.2, 0) is 4.79 Å². The first-order chi connectivity index (χ1) is 8.04. The van der Waals surface area contributed by atoms with Crippen LogP contribution in [0.4, 0.5) is 5.69 Å². The smallest absolute Gasteiger partial charge is 0.239 e. The molecule has 1 aromatic carbocycles. The molecule has 0 unspecified atom stereocenters. The number of rotatable bonds is 4. The summed E-state index contributed by atoms with van der Waals surface area (Å²) in [5, 5.41) is 3.00. The molecule has 1 N–H and O–H groups in total. The van der Waals surface area contributed by atoms with Gasteiger partial charge in [0.05, 0.1) is 6.54 Å². The lowest BCUT2D eigenvalue weighted by Gasteiger charge is -2.20. The molecule has 92 valence electrons. The van der Waals surface area contributed by atoms with Gasteiger partial charge in [-0.05, 0) is 49.9 Å². The van der Waals surface area contributed by atoms with E-state index in [9.17, 15) is 4.79 Å². The highest BCUT2D eigenvalue weighted by atomic mass is 16.2. The van der Waals surface area contributed by atoms with Crippen LogP contribution in [0.2, 0.25) is 0 Å². The summed E-state index contributed by atoms with van der Waals surface area (Å²) < 4.78 is 0. The number of anilines is 1. The molecule has 3 heteroatoms. The van der Waals surface area contributed by atoms with Crippen molar-refractivity contribution in [2.24, 2.45) is 0 Å². The van der Waals surface area contributed by atoms with Gasteiger partial charge in [-0.15, -0.1) is 0 Å². The molecule has 0 aliphatic heterocycles. The molecule has 0 heterocycles. The number of aryl methyl sites for hydroxylation is 2. The van der Waals surface area contributed by atoms with E-state index in [2.05, 4.69) is 37.4 Å². The molecule has 0 bridgehead atoms. The molecule has 1 saturated carbocycles. The Hall–Kier alpha value is -1.51. The number of nitrogens with one attached hydrogen (secondary N) is 1. The lowest BCUT2D eigenvalue weighted by Crippen LogP contribution is -2.36. The van der Waals surface area contributed by atoms with Gasteiger partial charge in [0.25, 0.3) is 0 Å². The summed E-state index contributed by atoms with van der Waals surface area (Å²) in [7, 11) is 1.96. The van der Waals surface area contributed by atoms with Gasteiger partial charge in [-0.25, -0.2) is 0 Å². The maximum Gasteiger partial charge on any atom is 0.239 e. The molecule has 0 atom stereocenters. The Morgan fingerprint density at radius 2 is 1.88 bits per heavy atom.